The lowest BCUT2D eigenvalue weighted by molar-refractivity contribution is -0.145. The predicted molar refractivity (Wildman–Crippen MR) is 91.2 cm³/mol. The molecule has 3 unspecified atom stereocenters. The van der Waals surface area contributed by atoms with Crippen molar-refractivity contribution < 1.29 is 19.8 Å². The van der Waals surface area contributed by atoms with Gasteiger partial charge < -0.3 is 14.8 Å². The van der Waals surface area contributed by atoms with Crippen molar-refractivity contribution in [2.45, 2.75) is 30.4 Å². The topological polar surface area (TPSA) is 95.7 Å². The highest BCUT2D eigenvalue weighted by Crippen LogP contribution is 2.51. The molecule has 25 heavy (non-hydrogen) atoms. The highest BCUT2D eigenvalue weighted by molar-refractivity contribution is 7.99. The predicted octanol–water partition coefficient (Wildman–Crippen LogP) is 1.96. The maximum Gasteiger partial charge on any atom is 0.321 e. The van der Waals surface area contributed by atoms with Crippen LogP contribution in [-0.4, -0.2) is 48.4 Å². The van der Waals surface area contributed by atoms with E-state index < -0.39 is 18.0 Å². The van der Waals surface area contributed by atoms with Crippen LogP contribution in [0.4, 0.5) is 0 Å². The van der Waals surface area contributed by atoms with Crippen LogP contribution in [0.25, 0.3) is 0 Å². The van der Waals surface area contributed by atoms with Gasteiger partial charge in [-0.25, -0.2) is 9.88 Å². The van der Waals surface area contributed by atoms with E-state index in [1.807, 2.05) is 33.7 Å². The summed E-state index contributed by atoms with van der Waals surface area (Å²) in [5.41, 5.74) is 3.01. The summed E-state index contributed by atoms with van der Waals surface area (Å²) in [6.07, 6.45) is 3.68. The second-order valence-electron chi connectivity index (χ2n) is 6.17. The summed E-state index contributed by atoms with van der Waals surface area (Å²) in [6.45, 7) is 0. The number of hydrogen-bond donors (Lipinski definition) is 2. The van der Waals surface area contributed by atoms with Gasteiger partial charge in [0.25, 0.3) is 0 Å². The van der Waals surface area contributed by atoms with Crippen LogP contribution in [0.1, 0.15) is 34.8 Å². The fourth-order valence-electron chi connectivity index (χ4n) is 3.71. The number of carboxylic acid groups (broad SMARTS) is 2. The third-order valence-corrected chi connectivity index (χ3v) is 6.00. The largest absolute Gasteiger partial charge is 0.481 e. The number of aliphatic carboxylic acids is 2. The molecule has 0 bridgehead atoms. The van der Waals surface area contributed by atoms with Gasteiger partial charge in [0, 0.05) is 24.1 Å². The number of thioether (sulfide) groups is 1. The summed E-state index contributed by atoms with van der Waals surface area (Å²) in [5.74, 6) is -1.28. The molecule has 0 spiro atoms. The van der Waals surface area contributed by atoms with Crippen LogP contribution in [0, 0.1) is 0 Å². The molecule has 0 radical (unpaired) electrons. The number of nitrogens with zero attached hydrogens (tertiary/aromatic N) is 3. The molecule has 3 atom stereocenters. The van der Waals surface area contributed by atoms with E-state index in [2.05, 4.69) is 4.98 Å². The second-order valence-corrected chi connectivity index (χ2v) is 7.36. The Morgan fingerprint density at radius 1 is 1.24 bits per heavy atom. The summed E-state index contributed by atoms with van der Waals surface area (Å²) < 4.78 is 2.02. The van der Waals surface area contributed by atoms with E-state index in [0.29, 0.717) is 12.2 Å². The Bertz CT molecular complexity index is 837. The number of imidazole rings is 1. The van der Waals surface area contributed by atoms with Gasteiger partial charge in [0.05, 0.1) is 18.1 Å². The molecule has 0 saturated carbocycles. The zero-order chi connectivity index (χ0) is 17.6. The molecule has 8 heteroatoms. The number of carboxylic acids is 2. The molecule has 0 saturated heterocycles. The summed E-state index contributed by atoms with van der Waals surface area (Å²) >= 11 is 1.49. The molecule has 0 amide bonds. The lowest BCUT2D eigenvalue weighted by atomic mass is 10.0. The molecule has 130 valence electrons. The van der Waals surface area contributed by atoms with Crippen LogP contribution in [0.15, 0.2) is 36.8 Å². The van der Waals surface area contributed by atoms with Crippen LogP contribution in [0.3, 0.4) is 0 Å². The van der Waals surface area contributed by atoms with Crippen LogP contribution < -0.4 is 0 Å². The van der Waals surface area contributed by atoms with Gasteiger partial charge in [0.15, 0.2) is 0 Å². The quantitative estimate of drug-likeness (QED) is 0.842. The smallest absolute Gasteiger partial charge is 0.321 e. The molecular formula is C17H17N3O4S. The van der Waals surface area contributed by atoms with E-state index in [1.165, 1.54) is 11.8 Å². The van der Waals surface area contributed by atoms with Crippen molar-refractivity contribution in [1.29, 1.82) is 0 Å². The molecule has 1 aromatic heterocycles. The average molecular weight is 359 g/mol. The molecule has 4 rings (SSSR count). The van der Waals surface area contributed by atoms with Gasteiger partial charge in [-0.15, -0.1) is 11.8 Å². The van der Waals surface area contributed by atoms with E-state index in [1.54, 1.807) is 12.5 Å². The van der Waals surface area contributed by atoms with Crippen molar-refractivity contribution >= 4 is 23.7 Å². The molecule has 2 N–H and O–H groups in total. The van der Waals surface area contributed by atoms with E-state index in [0.717, 1.165) is 16.8 Å². The van der Waals surface area contributed by atoms with Crippen LogP contribution in [-0.2, 0) is 16.0 Å². The standard InChI is InChI=1S/C17H17N3O4S/c21-14(22)5-6-25-16-12-4-2-1-3-11(12)15-19-9-18-8-10(19)7-13(17(23)24)20(15)16/h1-4,8-9,13,15-16H,5-7H2,(H,21,22)(H,23,24). The molecular weight excluding hydrogens is 342 g/mol. The Balaban J connectivity index is 1.77. The zero-order valence-electron chi connectivity index (χ0n) is 13.3. The number of fused-ring (bicyclic) bond motifs is 5. The first-order valence-corrected chi connectivity index (χ1v) is 9.06. The minimum absolute atomic E-state index is 0.0515. The van der Waals surface area contributed by atoms with E-state index >= 15 is 0 Å². The number of rotatable bonds is 5. The van der Waals surface area contributed by atoms with Crippen molar-refractivity contribution in [1.82, 2.24) is 14.5 Å². The number of hydrogen-bond acceptors (Lipinski definition) is 5. The van der Waals surface area contributed by atoms with Gasteiger partial charge in [-0.05, 0) is 11.1 Å². The highest BCUT2D eigenvalue weighted by atomic mass is 32.2. The van der Waals surface area contributed by atoms with Crippen LogP contribution >= 0.6 is 11.8 Å². The average Bonchev–Trinajstić information content (AvgIpc) is 3.16. The Hall–Kier alpha value is -2.32. The van der Waals surface area contributed by atoms with Gasteiger partial charge in [-0.2, -0.15) is 0 Å². The van der Waals surface area contributed by atoms with Crippen molar-refractivity contribution in [2.75, 3.05) is 5.75 Å². The van der Waals surface area contributed by atoms with Crippen LogP contribution in [0.2, 0.25) is 0 Å². The fourth-order valence-corrected chi connectivity index (χ4v) is 5.05. The third kappa shape index (κ3) is 2.61. The summed E-state index contributed by atoms with van der Waals surface area (Å²) in [5, 5.41) is 18.5. The third-order valence-electron chi connectivity index (χ3n) is 4.74. The van der Waals surface area contributed by atoms with Crippen molar-refractivity contribution in [3.05, 3.63) is 53.6 Å². The summed E-state index contributed by atoms with van der Waals surface area (Å²) in [6, 6.07) is 7.24. The molecule has 3 heterocycles. The molecule has 2 aliphatic rings. The number of benzene rings is 1. The number of aromatic nitrogens is 2. The van der Waals surface area contributed by atoms with Crippen molar-refractivity contribution in [3.63, 3.8) is 0 Å². The van der Waals surface area contributed by atoms with E-state index in [9.17, 15) is 14.7 Å². The van der Waals surface area contributed by atoms with Gasteiger partial charge in [-0.1, -0.05) is 24.3 Å². The zero-order valence-corrected chi connectivity index (χ0v) is 14.1. The SMILES string of the molecule is O=C(O)CCSC1c2ccccc2C2N1C(C(=O)O)Cc1cncn12. The summed E-state index contributed by atoms with van der Waals surface area (Å²) in [4.78, 5) is 29.0. The normalized spacial score (nSPS) is 24.4. The van der Waals surface area contributed by atoms with Crippen molar-refractivity contribution in [2.24, 2.45) is 0 Å². The van der Waals surface area contributed by atoms with E-state index in [-0.39, 0.29) is 18.0 Å². The maximum atomic E-state index is 11.9. The minimum atomic E-state index is -0.867. The molecule has 0 fully saturated rings. The molecule has 1 aromatic carbocycles. The Kier molecular flexibility index (Phi) is 4.01. The minimum Gasteiger partial charge on any atom is -0.481 e. The van der Waals surface area contributed by atoms with Gasteiger partial charge in [-0.3, -0.25) is 9.59 Å². The highest BCUT2D eigenvalue weighted by Gasteiger charge is 2.48. The monoisotopic (exact) mass is 359 g/mol. The first-order chi connectivity index (χ1) is 12.1. The van der Waals surface area contributed by atoms with Gasteiger partial charge in [0.2, 0.25) is 0 Å². The van der Waals surface area contributed by atoms with E-state index in [4.69, 9.17) is 5.11 Å². The Morgan fingerprint density at radius 3 is 2.72 bits per heavy atom. The second kappa shape index (κ2) is 6.20. The Morgan fingerprint density at radius 2 is 2.00 bits per heavy atom. The van der Waals surface area contributed by atoms with Crippen molar-refractivity contribution in [3.8, 4) is 0 Å². The van der Waals surface area contributed by atoms with Crippen LogP contribution in [0.5, 0.6) is 0 Å². The molecule has 2 aliphatic heterocycles. The first kappa shape index (κ1) is 16.2. The fraction of sp³-hybridized carbons (Fsp3) is 0.353. The molecule has 2 aromatic rings. The molecule has 7 nitrogen and oxygen atoms in total. The number of carbonyl (C=O) groups is 2. The molecule has 0 aliphatic carbocycles. The first-order valence-electron chi connectivity index (χ1n) is 8.01. The lowest BCUT2D eigenvalue weighted by Gasteiger charge is -2.40. The maximum absolute atomic E-state index is 11.9. The van der Waals surface area contributed by atoms with Gasteiger partial charge >= 0.3 is 11.9 Å². The summed E-state index contributed by atoms with van der Waals surface area (Å²) in [7, 11) is 0. The lowest BCUT2D eigenvalue weighted by Crippen LogP contribution is -2.48. The Labute approximate surface area is 148 Å². The van der Waals surface area contributed by atoms with Gasteiger partial charge in [0.1, 0.15) is 12.2 Å².